The summed E-state index contributed by atoms with van der Waals surface area (Å²) in [5, 5.41) is 4.40. The molecule has 0 saturated carbocycles. The van der Waals surface area contributed by atoms with Crippen molar-refractivity contribution in [2.75, 3.05) is 14.7 Å². The fraction of sp³-hybridized carbons (Fsp3) is 0.115. The van der Waals surface area contributed by atoms with Crippen molar-refractivity contribution in [3.05, 3.63) is 221 Å². The first-order chi connectivity index (χ1) is 32.1. The van der Waals surface area contributed by atoms with Gasteiger partial charge in [-0.25, -0.2) is 0 Å². The molecule has 2 aromatic heterocycles. The van der Waals surface area contributed by atoms with Crippen LogP contribution in [0.25, 0.3) is 43.9 Å². The Hall–Kier alpha value is -8.02. The SMILES string of the molecule is Cc1cc(C)cc(N(c2ccc3c(c2)N(c2ccccc2)c2cc(N(c4cc(C)cc(C)c4)c4cccc5c4oc4ccccc45)ccc2C3(C)C)c2cccc3c2oc2ccccc23)c1. The first-order valence-electron chi connectivity index (χ1n) is 22.8. The third kappa shape index (κ3) is 6.29. The Balaban J connectivity index is 1.10. The molecule has 0 aliphatic carbocycles. The molecule has 1 aliphatic heterocycles. The summed E-state index contributed by atoms with van der Waals surface area (Å²) in [6, 6.07) is 68.1. The Kier molecular flexibility index (Phi) is 9.01. The average Bonchev–Trinajstić information content (AvgIpc) is 3.89. The van der Waals surface area contributed by atoms with Gasteiger partial charge in [0.2, 0.25) is 0 Å². The van der Waals surface area contributed by atoms with Crippen LogP contribution >= 0.6 is 0 Å². The molecule has 0 saturated heterocycles. The Labute approximate surface area is 385 Å². The van der Waals surface area contributed by atoms with Crippen LogP contribution in [0.15, 0.2) is 197 Å². The molecule has 0 atom stereocenters. The van der Waals surface area contributed by atoms with E-state index < -0.39 is 0 Å². The Morgan fingerprint density at radius 2 is 0.788 bits per heavy atom. The minimum absolute atomic E-state index is 0.347. The number of benzene rings is 9. The average molecular weight is 856 g/mol. The molecule has 0 N–H and O–H groups in total. The van der Waals surface area contributed by atoms with Gasteiger partial charge in [-0.1, -0.05) is 117 Å². The number of hydrogen-bond donors (Lipinski definition) is 0. The first kappa shape index (κ1) is 39.6. The van der Waals surface area contributed by atoms with Crippen LogP contribution in [-0.4, -0.2) is 0 Å². The molecule has 0 radical (unpaired) electrons. The second-order valence-electron chi connectivity index (χ2n) is 18.6. The van der Waals surface area contributed by atoms with E-state index in [1.54, 1.807) is 0 Å². The zero-order valence-corrected chi connectivity index (χ0v) is 38.1. The van der Waals surface area contributed by atoms with Gasteiger partial charge >= 0.3 is 0 Å². The van der Waals surface area contributed by atoms with Gasteiger partial charge in [0.05, 0.1) is 22.7 Å². The summed E-state index contributed by atoms with van der Waals surface area (Å²) in [7, 11) is 0. The molecule has 12 rings (SSSR count). The van der Waals surface area contributed by atoms with Gasteiger partial charge in [-0.15, -0.1) is 0 Å². The van der Waals surface area contributed by atoms with Crippen LogP contribution in [-0.2, 0) is 5.41 Å². The highest BCUT2D eigenvalue weighted by atomic mass is 16.3. The van der Waals surface area contributed by atoms with Crippen molar-refractivity contribution in [3.8, 4) is 0 Å². The highest BCUT2D eigenvalue weighted by Gasteiger charge is 2.38. The monoisotopic (exact) mass is 855 g/mol. The largest absolute Gasteiger partial charge is 0.454 e. The van der Waals surface area contributed by atoms with Crippen LogP contribution in [0.3, 0.4) is 0 Å². The fourth-order valence-corrected chi connectivity index (χ4v) is 10.7. The molecule has 3 heterocycles. The maximum absolute atomic E-state index is 6.75. The summed E-state index contributed by atoms with van der Waals surface area (Å²) in [5.41, 5.74) is 19.9. The van der Waals surface area contributed by atoms with E-state index in [1.807, 2.05) is 12.1 Å². The van der Waals surface area contributed by atoms with Crippen molar-refractivity contribution in [2.24, 2.45) is 0 Å². The van der Waals surface area contributed by atoms with E-state index >= 15 is 0 Å². The van der Waals surface area contributed by atoms with Gasteiger partial charge in [-0.3, -0.25) is 0 Å². The zero-order valence-electron chi connectivity index (χ0n) is 38.1. The van der Waals surface area contributed by atoms with Crippen molar-refractivity contribution < 1.29 is 8.83 Å². The molecule has 9 aromatic carbocycles. The normalized spacial score (nSPS) is 13.1. The number of fused-ring (bicyclic) bond motifs is 8. The van der Waals surface area contributed by atoms with Gasteiger partial charge in [0.1, 0.15) is 11.2 Å². The van der Waals surface area contributed by atoms with Gasteiger partial charge in [0.25, 0.3) is 0 Å². The molecule has 0 amide bonds. The molecule has 320 valence electrons. The smallest absolute Gasteiger partial charge is 0.159 e. The maximum Gasteiger partial charge on any atom is 0.159 e. The van der Waals surface area contributed by atoms with Gasteiger partial charge in [-0.05, 0) is 146 Å². The van der Waals surface area contributed by atoms with Crippen LogP contribution in [0.5, 0.6) is 0 Å². The van der Waals surface area contributed by atoms with E-state index in [0.29, 0.717) is 0 Å². The molecule has 0 spiro atoms. The van der Waals surface area contributed by atoms with Crippen LogP contribution in [0, 0.1) is 27.7 Å². The maximum atomic E-state index is 6.75. The predicted molar refractivity (Wildman–Crippen MR) is 276 cm³/mol. The lowest BCUT2D eigenvalue weighted by molar-refractivity contribution is 0.632. The molecule has 0 fully saturated rings. The highest BCUT2D eigenvalue weighted by Crippen LogP contribution is 2.56. The van der Waals surface area contributed by atoms with Crippen molar-refractivity contribution >= 4 is 95.1 Å². The molecular weight excluding hydrogens is 807 g/mol. The van der Waals surface area contributed by atoms with E-state index in [1.165, 1.54) is 33.4 Å². The second-order valence-corrected chi connectivity index (χ2v) is 18.6. The topological polar surface area (TPSA) is 36.0 Å². The predicted octanol–water partition coefficient (Wildman–Crippen LogP) is 17.8. The summed E-state index contributed by atoms with van der Waals surface area (Å²) in [6.45, 7) is 13.4. The van der Waals surface area contributed by atoms with E-state index in [9.17, 15) is 0 Å². The summed E-state index contributed by atoms with van der Waals surface area (Å²) in [6.07, 6.45) is 0. The van der Waals surface area contributed by atoms with Crippen molar-refractivity contribution in [2.45, 2.75) is 47.0 Å². The van der Waals surface area contributed by atoms with Crippen molar-refractivity contribution in [3.63, 3.8) is 0 Å². The van der Waals surface area contributed by atoms with Crippen LogP contribution in [0.4, 0.5) is 51.2 Å². The zero-order chi connectivity index (χ0) is 44.8. The summed E-state index contributed by atoms with van der Waals surface area (Å²) >= 11 is 0. The van der Waals surface area contributed by atoms with Crippen molar-refractivity contribution in [1.82, 2.24) is 0 Å². The summed E-state index contributed by atoms with van der Waals surface area (Å²) < 4.78 is 13.5. The van der Waals surface area contributed by atoms with Crippen molar-refractivity contribution in [1.29, 1.82) is 0 Å². The quantitative estimate of drug-likeness (QED) is 0.160. The molecule has 5 nitrogen and oxygen atoms in total. The molecule has 1 aliphatic rings. The molecule has 0 unspecified atom stereocenters. The fourth-order valence-electron chi connectivity index (χ4n) is 10.7. The lowest BCUT2D eigenvalue weighted by Crippen LogP contribution is -2.31. The molecule has 66 heavy (non-hydrogen) atoms. The van der Waals surface area contributed by atoms with E-state index in [0.717, 1.165) is 95.1 Å². The third-order valence-corrected chi connectivity index (χ3v) is 13.5. The van der Waals surface area contributed by atoms with Crippen LogP contribution in [0.1, 0.15) is 47.2 Å². The minimum Gasteiger partial charge on any atom is -0.454 e. The van der Waals surface area contributed by atoms with Crippen LogP contribution < -0.4 is 14.7 Å². The lowest BCUT2D eigenvalue weighted by atomic mass is 9.73. The first-order valence-corrected chi connectivity index (χ1v) is 22.8. The number of anilines is 9. The third-order valence-electron chi connectivity index (χ3n) is 13.5. The number of rotatable bonds is 7. The van der Waals surface area contributed by atoms with Gasteiger partial charge < -0.3 is 23.5 Å². The minimum atomic E-state index is -0.347. The van der Waals surface area contributed by atoms with E-state index in [2.05, 4.69) is 232 Å². The Bertz CT molecular complexity index is 3440. The molecule has 0 bridgehead atoms. The second kappa shape index (κ2) is 15.0. The number of para-hydroxylation sites is 5. The summed E-state index contributed by atoms with van der Waals surface area (Å²) in [5.74, 6) is 0. The summed E-state index contributed by atoms with van der Waals surface area (Å²) in [4.78, 5) is 7.22. The number of furan rings is 2. The standard InChI is InChI=1S/C61H49N3O2/c1-38-30-39(2)33-45(32-38)62(53-22-14-20-49-47-18-10-12-24-57(47)65-59(49)53)43-26-28-51-55(36-43)64(42-16-8-7-9-17-42)56-37-44(27-29-52(56)61(51,5)6)63(46-34-40(3)31-41(4)35-46)54-23-15-21-50-48-19-11-13-25-58(48)66-60(50)54/h7-37H,1-6H3. The number of hydrogen-bond acceptors (Lipinski definition) is 5. The Morgan fingerprint density at radius 1 is 0.379 bits per heavy atom. The van der Waals surface area contributed by atoms with Gasteiger partial charge in [0, 0.05) is 55.4 Å². The van der Waals surface area contributed by atoms with E-state index in [-0.39, 0.29) is 5.41 Å². The highest BCUT2D eigenvalue weighted by molar-refractivity contribution is 6.12. The number of nitrogens with zero attached hydrogens (tertiary/aromatic N) is 3. The lowest BCUT2D eigenvalue weighted by Gasteiger charge is -2.43. The van der Waals surface area contributed by atoms with Gasteiger partial charge in [0.15, 0.2) is 11.2 Å². The Morgan fingerprint density at radius 3 is 1.24 bits per heavy atom. The molecular formula is C61H49N3O2. The van der Waals surface area contributed by atoms with E-state index in [4.69, 9.17) is 8.83 Å². The van der Waals surface area contributed by atoms with Crippen LogP contribution in [0.2, 0.25) is 0 Å². The number of aryl methyl sites for hydroxylation is 4. The molecule has 11 aromatic rings. The molecule has 5 heteroatoms. The van der Waals surface area contributed by atoms with Gasteiger partial charge in [-0.2, -0.15) is 0 Å².